The summed E-state index contributed by atoms with van der Waals surface area (Å²) in [6, 6.07) is 5.94. The normalized spacial score (nSPS) is 29.5. The first-order valence-corrected chi connectivity index (χ1v) is 8.23. The summed E-state index contributed by atoms with van der Waals surface area (Å²) >= 11 is 0. The van der Waals surface area contributed by atoms with Crippen LogP contribution in [0.1, 0.15) is 26.7 Å². The third kappa shape index (κ3) is 3.40. The number of hydrogen-bond donors (Lipinski definition) is 0. The number of pyridine rings is 1. The van der Waals surface area contributed by atoms with Crippen molar-refractivity contribution < 1.29 is 9.53 Å². The smallest absolute Gasteiger partial charge is 0.227 e. The summed E-state index contributed by atoms with van der Waals surface area (Å²) in [7, 11) is 0. The number of hydrogen-bond acceptors (Lipinski definition) is 4. The number of anilines is 1. The zero-order chi connectivity index (χ0) is 15.5. The second-order valence-electron chi connectivity index (χ2n) is 6.47. The summed E-state index contributed by atoms with van der Waals surface area (Å²) in [5, 5.41) is 0. The van der Waals surface area contributed by atoms with E-state index in [1.165, 1.54) is 0 Å². The Kier molecular flexibility index (Phi) is 4.62. The van der Waals surface area contributed by atoms with Gasteiger partial charge in [0.1, 0.15) is 5.82 Å². The number of amides is 1. The largest absolute Gasteiger partial charge is 0.372 e. The number of ether oxygens (including phenoxy) is 1. The van der Waals surface area contributed by atoms with Gasteiger partial charge in [-0.25, -0.2) is 4.98 Å². The predicted octanol–water partition coefficient (Wildman–Crippen LogP) is 1.93. The summed E-state index contributed by atoms with van der Waals surface area (Å²) in [5.41, 5.74) is 0. The third-order valence-corrected chi connectivity index (χ3v) is 4.48. The second kappa shape index (κ2) is 6.65. The molecule has 1 aromatic rings. The fourth-order valence-corrected chi connectivity index (χ4v) is 3.54. The Bertz CT molecular complexity index is 498. The zero-order valence-corrected chi connectivity index (χ0v) is 13.4. The third-order valence-electron chi connectivity index (χ3n) is 4.48. The van der Waals surface area contributed by atoms with E-state index in [0.29, 0.717) is 13.1 Å². The maximum atomic E-state index is 12.8. The Morgan fingerprint density at radius 2 is 2.00 bits per heavy atom. The molecule has 0 unspecified atom stereocenters. The fourth-order valence-electron chi connectivity index (χ4n) is 3.54. The first-order valence-electron chi connectivity index (χ1n) is 8.23. The molecule has 120 valence electrons. The number of carbonyl (C=O) groups is 1. The highest BCUT2D eigenvalue weighted by molar-refractivity contribution is 5.80. The monoisotopic (exact) mass is 303 g/mol. The van der Waals surface area contributed by atoms with Crippen LogP contribution in [-0.2, 0) is 9.53 Å². The van der Waals surface area contributed by atoms with Gasteiger partial charge in [0.25, 0.3) is 0 Å². The van der Waals surface area contributed by atoms with E-state index >= 15 is 0 Å². The number of nitrogens with zero attached hydrogens (tertiary/aromatic N) is 3. The molecule has 0 saturated carbocycles. The molecule has 1 aromatic heterocycles. The average Bonchev–Trinajstić information content (AvgIpc) is 2.54. The van der Waals surface area contributed by atoms with Gasteiger partial charge in [0.05, 0.1) is 18.1 Å². The van der Waals surface area contributed by atoms with Crippen molar-refractivity contribution in [1.29, 1.82) is 0 Å². The molecule has 0 bridgehead atoms. The average molecular weight is 303 g/mol. The number of carbonyl (C=O) groups excluding carboxylic acids is 1. The standard InChI is InChI=1S/C17H25N3O2/c1-13-10-20(11-14(2)22-13)17(21)15-6-5-9-19(12-15)16-7-3-4-8-18-16/h3-4,7-8,13-15H,5-6,9-12H2,1-2H3/t13-,14+,15-/m1/s1. The quantitative estimate of drug-likeness (QED) is 0.837. The van der Waals surface area contributed by atoms with Crippen molar-refractivity contribution >= 4 is 11.7 Å². The Balaban J connectivity index is 1.65. The van der Waals surface area contributed by atoms with E-state index in [4.69, 9.17) is 4.74 Å². The highest BCUT2D eigenvalue weighted by Crippen LogP contribution is 2.24. The molecule has 3 heterocycles. The lowest BCUT2D eigenvalue weighted by Gasteiger charge is -2.39. The number of rotatable bonds is 2. The molecule has 22 heavy (non-hydrogen) atoms. The minimum atomic E-state index is 0.0771. The molecular formula is C17H25N3O2. The van der Waals surface area contributed by atoms with E-state index in [2.05, 4.69) is 9.88 Å². The molecule has 0 N–H and O–H groups in total. The molecule has 1 amide bonds. The minimum absolute atomic E-state index is 0.0771. The van der Waals surface area contributed by atoms with Gasteiger partial charge in [0.2, 0.25) is 5.91 Å². The van der Waals surface area contributed by atoms with Crippen LogP contribution < -0.4 is 4.90 Å². The summed E-state index contributed by atoms with van der Waals surface area (Å²) < 4.78 is 5.73. The first kappa shape index (κ1) is 15.3. The van der Waals surface area contributed by atoms with E-state index in [9.17, 15) is 4.79 Å². The molecule has 0 aromatic carbocycles. The van der Waals surface area contributed by atoms with Crippen LogP contribution in [0.4, 0.5) is 5.82 Å². The maximum Gasteiger partial charge on any atom is 0.227 e. The van der Waals surface area contributed by atoms with Crippen LogP contribution in [0.15, 0.2) is 24.4 Å². The van der Waals surface area contributed by atoms with Gasteiger partial charge in [-0.15, -0.1) is 0 Å². The molecule has 2 fully saturated rings. The molecule has 0 spiro atoms. The maximum absolute atomic E-state index is 12.8. The van der Waals surface area contributed by atoms with Gasteiger partial charge in [-0.2, -0.15) is 0 Å². The Hall–Kier alpha value is -1.62. The van der Waals surface area contributed by atoms with Gasteiger partial charge in [0, 0.05) is 32.4 Å². The van der Waals surface area contributed by atoms with Gasteiger partial charge in [-0.3, -0.25) is 4.79 Å². The van der Waals surface area contributed by atoms with Crippen molar-refractivity contribution in [3.63, 3.8) is 0 Å². The molecule has 3 rings (SSSR count). The molecule has 2 aliphatic heterocycles. The molecule has 0 radical (unpaired) electrons. The van der Waals surface area contributed by atoms with Crippen LogP contribution in [-0.4, -0.2) is 54.2 Å². The van der Waals surface area contributed by atoms with Crippen molar-refractivity contribution in [1.82, 2.24) is 9.88 Å². The summed E-state index contributed by atoms with van der Waals surface area (Å²) in [5.74, 6) is 1.33. The lowest BCUT2D eigenvalue weighted by molar-refractivity contribution is -0.147. The van der Waals surface area contributed by atoms with Crippen LogP contribution in [0.2, 0.25) is 0 Å². The molecule has 2 aliphatic rings. The molecular weight excluding hydrogens is 278 g/mol. The number of piperidine rings is 1. The highest BCUT2D eigenvalue weighted by atomic mass is 16.5. The highest BCUT2D eigenvalue weighted by Gasteiger charge is 2.33. The van der Waals surface area contributed by atoms with Crippen molar-refractivity contribution in [2.24, 2.45) is 5.92 Å². The van der Waals surface area contributed by atoms with Crippen LogP contribution in [0.5, 0.6) is 0 Å². The molecule has 3 atom stereocenters. The first-order chi connectivity index (χ1) is 10.6. The lowest BCUT2D eigenvalue weighted by Crippen LogP contribution is -2.52. The molecule has 5 heteroatoms. The molecule has 2 saturated heterocycles. The zero-order valence-electron chi connectivity index (χ0n) is 13.4. The van der Waals surface area contributed by atoms with E-state index in [1.54, 1.807) is 0 Å². The van der Waals surface area contributed by atoms with Crippen molar-refractivity contribution in [3.05, 3.63) is 24.4 Å². The van der Waals surface area contributed by atoms with Crippen LogP contribution in [0.25, 0.3) is 0 Å². The summed E-state index contributed by atoms with van der Waals surface area (Å²) in [6.45, 7) is 7.26. The summed E-state index contributed by atoms with van der Waals surface area (Å²) in [4.78, 5) is 21.5. The second-order valence-corrected chi connectivity index (χ2v) is 6.47. The SMILES string of the molecule is C[C@@H]1CN(C(=O)[C@@H]2CCCN(c3ccccn3)C2)C[C@H](C)O1. The number of aromatic nitrogens is 1. The Morgan fingerprint density at radius 3 is 2.68 bits per heavy atom. The Morgan fingerprint density at radius 1 is 1.23 bits per heavy atom. The van der Waals surface area contributed by atoms with Crippen molar-refractivity contribution in [2.75, 3.05) is 31.1 Å². The van der Waals surface area contributed by atoms with Gasteiger partial charge in [0.15, 0.2) is 0 Å². The molecule has 5 nitrogen and oxygen atoms in total. The van der Waals surface area contributed by atoms with E-state index in [0.717, 1.165) is 31.7 Å². The number of morpholine rings is 1. The van der Waals surface area contributed by atoms with Gasteiger partial charge >= 0.3 is 0 Å². The molecule has 0 aliphatic carbocycles. The minimum Gasteiger partial charge on any atom is -0.372 e. The van der Waals surface area contributed by atoms with Gasteiger partial charge < -0.3 is 14.5 Å². The van der Waals surface area contributed by atoms with E-state index in [-0.39, 0.29) is 24.0 Å². The van der Waals surface area contributed by atoms with Crippen LogP contribution in [0, 0.1) is 5.92 Å². The van der Waals surface area contributed by atoms with Crippen molar-refractivity contribution in [2.45, 2.75) is 38.9 Å². The Labute approximate surface area is 132 Å². The van der Waals surface area contributed by atoms with E-state index < -0.39 is 0 Å². The topological polar surface area (TPSA) is 45.7 Å². The van der Waals surface area contributed by atoms with Gasteiger partial charge in [-0.05, 0) is 38.8 Å². The summed E-state index contributed by atoms with van der Waals surface area (Å²) in [6.07, 6.45) is 4.09. The fraction of sp³-hybridized carbons (Fsp3) is 0.647. The van der Waals surface area contributed by atoms with Crippen molar-refractivity contribution in [3.8, 4) is 0 Å². The lowest BCUT2D eigenvalue weighted by atomic mass is 9.96. The van der Waals surface area contributed by atoms with Gasteiger partial charge in [-0.1, -0.05) is 6.07 Å². The van der Waals surface area contributed by atoms with Crippen LogP contribution in [0.3, 0.4) is 0 Å². The predicted molar refractivity (Wildman–Crippen MR) is 85.8 cm³/mol. The van der Waals surface area contributed by atoms with E-state index in [1.807, 2.05) is 43.1 Å². The van der Waals surface area contributed by atoms with Crippen LogP contribution >= 0.6 is 0 Å².